The van der Waals surface area contributed by atoms with E-state index < -0.39 is 11.2 Å². The quantitative estimate of drug-likeness (QED) is 0.326. The third kappa shape index (κ3) is 5.55. The van der Waals surface area contributed by atoms with Crippen molar-refractivity contribution in [1.82, 2.24) is 30.6 Å². The van der Waals surface area contributed by atoms with E-state index >= 15 is 0 Å². The Morgan fingerprint density at radius 2 is 1.80 bits per heavy atom. The van der Waals surface area contributed by atoms with Crippen LogP contribution in [-0.4, -0.2) is 59.8 Å². The Kier molecular flexibility index (Phi) is 8.79. The maximum Gasteiger partial charge on any atom is 0.459 e. The van der Waals surface area contributed by atoms with E-state index in [-0.39, 0.29) is 18.0 Å². The number of fused-ring (bicyclic) bond motifs is 2. The van der Waals surface area contributed by atoms with Gasteiger partial charge in [0.25, 0.3) is 5.91 Å². The predicted octanol–water partition coefficient (Wildman–Crippen LogP) is 3.23. The highest BCUT2D eigenvalue weighted by atomic mass is 16.5. The normalized spacial score (nSPS) is 19.7. The number of carbonyl (C=O) groups is 1. The van der Waals surface area contributed by atoms with Crippen molar-refractivity contribution in [2.24, 2.45) is 7.05 Å². The highest BCUT2D eigenvalue weighted by molar-refractivity contribution is 5.94. The number of amides is 1. The molecule has 2 heterocycles. The number of rotatable bonds is 10. The molecule has 1 aromatic heterocycles. The van der Waals surface area contributed by atoms with Gasteiger partial charge in [0, 0.05) is 57.2 Å². The molecule has 1 amide bonds. The molecule has 2 aromatic carbocycles. The number of nitrogens with zero attached hydrogens (tertiary/aromatic N) is 4. The number of nitriles is 1. The van der Waals surface area contributed by atoms with Crippen LogP contribution in [0.25, 0.3) is 5.70 Å². The van der Waals surface area contributed by atoms with Gasteiger partial charge in [-0.3, -0.25) is 4.79 Å². The number of aromatic nitrogens is 2. The molecule has 1 aliphatic heterocycles. The summed E-state index contributed by atoms with van der Waals surface area (Å²) in [6, 6.07) is 14.3. The number of likely N-dealkylation sites (tertiary alicyclic amines) is 1. The summed E-state index contributed by atoms with van der Waals surface area (Å²) in [6.07, 6.45) is 3.78. The van der Waals surface area contributed by atoms with Crippen LogP contribution in [0.1, 0.15) is 70.2 Å². The van der Waals surface area contributed by atoms with Gasteiger partial charge in [-0.15, -0.1) is 0 Å². The van der Waals surface area contributed by atoms with Crippen LogP contribution in [-0.2, 0) is 25.3 Å². The Hall–Kier alpha value is -4.62. The number of benzene rings is 2. The van der Waals surface area contributed by atoms with Gasteiger partial charge in [-0.25, -0.2) is 4.79 Å². The van der Waals surface area contributed by atoms with Crippen LogP contribution in [0, 0.1) is 11.3 Å². The molecule has 0 saturated carbocycles. The molecule has 0 bridgehead atoms. The van der Waals surface area contributed by atoms with Crippen LogP contribution in [0.3, 0.4) is 0 Å². The summed E-state index contributed by atoms with van der Waals surface area (Å²) in [5.74, 6) is -0.328. The molecule has 2 unspecified atom stereocenters. The number of carbonyl (C=O) groups excluding carboxylic acids is 1. The molecule has 0 radical (unpaired) electrons. The predicted molar refractivity (Wildman–Crippen MR) is 170 cm³/mol. The summed E-state index contributed by atoms with van der Waals surface area (Å²) < 4.78 is 6.96. The lowest BCUT2D eigenvalue weighted by Crippen LogP contribution is -2.43. The van der Waals surface area contributed by atoms with Crippen LogP contribution < -0.4 is 21.7 Å². The molecule has 3 N–H and O–H groups in total. The smallest absolute Gasteiger partial charge is 0.388 e. The molecular formula is C34H41N7O3. The van der Waals surface area contributed by atoms with Gasteiger partial charge in [0.1, 0.15) is 6.04 Å². The standard InChI is InChI=1S/C34H41N7O3/c1-21(38-20-22(2)41-15-7-8-28(41)19-35)18-34(32-39-33(43)44-40(32)6)29-13-11-24(23(3)36-4)16-25(29)9-10-26-17-27(31(42)37-5)12-14-30(26)34/h11-14,16-17,21,28,36,38H,2-3,7-10,15,18,20H2,1,4-6H3,(H,37,42)/t21-,28?,34?/m1/s1. The van der Waals surface area contributed by atoms with E-state index in [9.17, 15) is 14.9 Å². The fraction of sp³-hybridized carbons (Fsp3) is 0.412. The minimum absolute atomic E-state index is 0.0777. The summed E-state index contributed by atoms with van der Waals surface area (Å²) in [5.41, 5.74) is 6.48. The Morgan fingerprint density at radius 1 is 1.14 bits per heavy atom. The zero-order valence-corrected chi connectivity index (χ0v) is 26.0. The summed E-state index contributed by atoms with van der Waals surface area (Å²) in [5, 5.41) is 19.1. The largest absolute Gasteiger partial charge is 0.459 e. The Bertz CT molecular complexity index is 1630. The van der Waals surface area contributed by atoms with E-state index in [2.05, 4.69) is 64.1 Å². The second kappa shape index (κ2) is 12.5. The SMILES string of the molecule is C=C(NC)c1ccc2c(c1)CCc1cc(C(=O)NC)ccc1C2(C[C@@H](C)NCC(=C)N1CCCC1C#N)c1nc(=O)on1C. The van der Waals surface area contributed by atoms with Crippen molar-refractivity contribution in [3.8, 4) is 6.07 Å². The molecule has 2 aliphatic rings. The fourth-order valence-electron chi connectivity index (χ4n) is 6.92. The van der Waals surface area contributed by atoms with Gasteiger partial charge < -0.3 is 25.4 Å². The maximum absolute atomic E-state index is 12.7. The van der Waals surface area contributed by atoms with E-state index in [4.69, 9.17) is 4.52 Å². The van der Waals surface area contributed by atoms with Crippen molar-refractivity contribution in [3.05, 3.63) is 105 Å². The Labute approximate surface area is 258 Å². The van der Waals surface area contributed by atoms with Crippen molar-refractivity contribution in [3.63, 3.8) is 0 Å². The van der Waals surface area contributed by atoms with Crippen LogP contribution in [0.4, 0.5) is 0 Å². The number of aryl methyl sites for hydroxylation is 3. The molecule has 1 saturated heterocycles. The molecule has 0 spiro atoms. The molecule has 3 aromatic rings. The summed E-state index contributed by atoms with van der Waals surface area (Å²) in [7, 11) is 5.18. The van der Waals surface area contributed by atoms with Gasteiger partial charge in [0.2, 0.25) is 0 Å². The van der Waals surface area contributed by atoms with Crippen molar-refractivity contribution in [2.75, 3.05) is 27.2 Å². The van der Waals surface area contributed by atoms with Crippen LogP contribution in [0.5, 0.6) is 0 Å². The fourth-order valence-corrected chi connectivity index (χ4v) is 6.92. The Balaban J connectivity index is 1.65. The summed E-state index contributed by atoms with van der Waals surface area (Å²) in [4.78, 5) is 31.9. The monoisotopic (exact) mass is 595 g/mol. The van der Waals surface area contributed by atoms with Gasteiger partial charge in [-0.1, -0.05) is 31.4 Å². The van der Waals surface area contributed by atoms with E-state index in [1.54, 1.807) is 14.1 Å². The van der Waals surface area contributed by atoms with Gasteiger partial charge in [-0.2, -0.15) is 15.0 Å². The van der Waals surface area contributed by atoms with Gasteiger partial charge in [0.05, 0.1) is 11.5 Å². The van der Waals surface area contributed by atoms with Crippen LogP contribution in [0.15, 0.2) is 64.6 Å². The minimum atomic E-state index is -0.889. The summed E-state index contributed by atoms with van der Waals surface area (Å²) >= 11 is 0. The second-order valence-electron chi connectivity index (χ2n) is 11.8. The van der Waals surface area contributed by atoms with Crippen molar-refractivity contribution in [1.29, 1.82) is 5.26 Å². The average molecular weight is 596 g/mol. The van der Waals surface area contributed by atoms with E-state index in [0.29, 0.717) is 30.8 Å². The molecular weight excluding hydrogens is 554 g/mol. The topological polar surface area (TPSA) is 128 Å². The van der Waals surface area contributed by atoms with Gasteiger partial charge in [0.15, 0.2) is 5.82 Å². The highest BCUT2D eigenvalue weighted by Crippen LogP contribution is 2.47. The molecule has 10 heteroatoms. The molecule has 230 valence electrons. The first-order valence-electron chi connectivity index (χ1n) is 15.1. The minimum Gasteiger partial charge on any atom is -0.388 e. The van der Waals surface area contributed by atoms with E-state index in [1.165, 1.54) is 4.74 Å². The molecule has 5 rings (SSSR count). The highest BCUT2D eigenvalue weighted by Gasteiger charge is 2.46. The maximum atomic E-state index is 12.7. The zero-order chi connectivity index (χ0) is 31.6. The van der Waals surface area contributed by atoms with Gasteiger partial charge in [-0.05, 0) is 85.0 Å². The summed E-state index contributed by atoms with van der Waals surface area (Å²) in [6.45, 7) is 11.9. The van der Waals surface area contributed by atoms with Crippen LogP contribution >= 0.6 is 0 Å². The number of nitrogens with one attached hydrogen (secondary N) is 3. The first kappa shape index (κ1) is 30.8. The lowest BCUT2D eigenvalue weighted by molar-refractivity contribution is 0.0963. The molecule has 10 nitrogen and oxygen atoms in total. The van der Waals surface area contributed by atoms with Gasteiger partial charge >= 0.3 is 5.76 Å². The van der Waals surface area contributed by atoms with Crippen molar-refractivity contribution >= 4 is 11.6 Å². The lowest BCUT2D eigenvalue weighted by atomic mass is 9.67. The first-order valence-corrected chi connectivity index (χ1v) is 15.1. The molecule has 1 aliphatic carbocycles. The molecule has 44 heavy (non-hydrogen) atoms. The third-order valence-corrected chi connectivity index (χ3v) is 9.10. The third-order valence-electron chi connectivity index (χ3n) is 9.10. The molecule has 1 fully saturated rings. The first-order chi connectivity index (χ1) is 21.1. The average Bonchev–Trinajstić information content (AvgIpc) is 3.62. The Morgan fingerprint density at radius 3 is 2.39 bits per heavy atom. The van der Waals surface area contributed by atoms with Crippen molar-refractivity contribution in [2.45, 2.75) is 56.5 Å². The molecule has 3 atom stereocenters. The zero-order valence-electron chi connectivity index (χ0n) is 26.0. The van der Waals surface area contributed by atoms with Crippen molar-refractivity contribution < 1.29 is 9.32 Å². The lowest BCUT2D eigenvalue weighted by Gasteiger charge is -2.38. The van der Waals surface area contributed by atoms with Crippen LogP contribution in [0.2, 0.25) is 0 Å². The van der Waals surface area contributed by atoms with E-state index in [1.807, 2.05) is 31.3 Å². The second-order valence-corrected chi connectivity index (χ2v) is 11.8. The number of hydrogen-bond donors (Lipinski definition) is 3. The van der Waals surface area contributed by atoms with E-state index in [0.717, 1.165) is 65.0 Å². The number of hydrogen-bond acceptors (Lipinski definition) is 8.